The minimum Gasteiger partial charge on any atom is -0.454 e. The van der Waals surface area contributed by atoms with Crippen molar-refractivity contribution in [2.24, 2.45) is 0 Å². The van der Waals surface area contributed by atoms with E-state index in [9.17, 15) is 4.79 Å². The molecule has 0 radical (unpaired) electrons. The van der Waals surface area contributed by atoms with Crippen LogP contribution < -0.4 is 15.4 Å². The lowest BCUT2D eigenvalue weighted by atomic mass is 10.1. The third-order valence-corrected chi connectivity index (χ3v) is 7.63. The zero-order valence-electron chi connectivity index (χ0n) is 23.6. The van der Waals surface area contributed by atoms with Gasteiger partial charge in [-0.3, -0.25) is 9.36 Å². The quantitative estimate of drug-likeness (QED) is 0.218. The molecule has 0 amide bonds. The number of benzene rings is 4. The number of para-hydroxylation sites is 1. The smallest absolute Gasteiger partial charge is 0.263 e. The molecule has 0 fully saturated rings. The molecule has 0 spiro atoms. The number of nitrogens with zero attached hydrogens (tertiary/aromatic N) is 3. The number of hydrogen-bond acceptors (Lipinski definition) is 4. The number of anilines is 2. The Kier molecular flexibility index (Phi) is 7.60. The molecule has 0 aliphatic carbocycles. The first-order valence-electron chi connectivity index (χ1n) is 14.0. The fourth-order valence-electron chi connectivity index (χ4n) is 5.46. The highest BCUT2D eigenvalue weighted by Gasteiger charge is 2.14. The summed E-state index contributed by atoms with van der Waals surface area (Å²) in [5.74, 6) is 0. The summed E-state index contributed by atoms with van der Waals surface area (Å²) >= 11 is 0. The van der Waals surface area contributed by atoms with E-state index in [1.807, 2.05) is 66.1 Å². The summed E-state index contributed by atoms with van der Waals surface area (Å²) in [6, 6.07) is 28.4. The van der Waals surface area contributed by atoms with Gasteiger partial charge in [-0.2, -0.15) is 0 Å². The van der Waals surface area contributed by atoms with Gasteiger partial charge in [-0.15, -0.1) is 0 Å². The summed E-state index contributed by atoms with van der Waals surface area (Å²) in [6.45, 7) is 14.2. The van der Waals surface area contributed by atoms with E-state index in [1.54, 1.807) is 0 Å². The lowest BCUT2D eigenvalue weighted by molar-refractivity contribution is 0.659. The summed E-state index contributed by atoms with van der Waals surface area (Å²) in [5, 5.41) is 2.40. The Labute approximate surface area is 230 Å². The topological polar surface area (TPSA) is 41.6 Å². The van der Waals surface area contributed by atoms with Crippen LogP contribution in [-0.4, -0.2) is 30.7 Å². The zero-order chi connectivity index (χ0) is 27.5. The van der Waals surface area contributed by atoms with Crippen LogP contribution in [0.2, 0.25) is 0 Å². The standard InChI is InChI=1S/C34H37N3O2/c1-6-35(7-2)25-18-20-28-27-15-11-12-16-29(27)34(38)37(30-17-13-10-14-24(30)5)31-21-19-26(36(8-3)9-4)23-33(31)39-32(28)22-25/h10-23H,6-9H2,1-5H3. The number of aryl methyl sites for hydroxylation is 1. The molecule has 0 atom stereocenters. The Balaban J connectivity index is 2.07. The Bertz CT molecular complexity index is 1760. The SMILES string of the molecule is CCN(CC)c1ccc2c(c1)oc1cc(N(CC)CC)ccc1n(-c1ccccc1C)c(=O)c1ccccc12. The van der Waals surface area contributed by atoms with Gasteiger partial charge in [-0.25, -0.2) is 0 Å². The highest BCUT2D eigenvalue weighted by Crippen LogP contribution is 2.30. The molecular formula is C34H37N3O2. The maximum absolute atomic E-state index is 14.5. The van der Waals surface area contributed by atoms with Crippen LogP contribution in [0.25, 0.3) is 38.5 Å². The second-order valence-electron chi connectivity index (χ2n) is 9.75. The van der Waals surface area contributed by atoms with E-state index in [0.717, 1.165) is 70.7 Å². The molecule has 0 unspecified atom stereocenters. The molecule has 0 saturated carbocycles. The van der Waals surface area contributed by atoms with Gasteiger partial charge in [0.15, 0.2) is 5.58 Å². The summed E-state index contributed by atoms with van der Waals surface area (Å²) in [4.78, 5) is 19.1. The van der Waals surface area contributed by atoms with Crippen LogP contribution in [0.3, 0.4) is 0 Å². The molecule has 5 rings (SSSR count). The van der Waals surface area contributed by atoms with Gasteiger partial charge in [-0.05, 0) is 82.0 Å². The van der Waals surface area contributed by atoms with Crippen molar-refractivity contribution >= 4 is 44.2 Å². The minimum atomic E-state index is -0.0824. The van der Waals surface area contributed by atoms with E-state index >= 15 is 0 Å². The van der Waals surface area contributed by atoms with Gasteiger partial charge in [0.2, 0.25) is 0 Å². The number of rotatable bonds is 7. The van der Waals surface area contributed by atoms with Crippen molar-refractivity contribution in [1.82, 2.24) is 4.57 Å². The predicted octanol–water partition coefficient (Wildman–Crippen LogP) is 8.02. The molecule has 1 heterocycles. The molecule has 200 valence electrons. The first-order chi connectivity index (χ1) is 19.0. The average molecular weight is 520 g/mol. The summed E-state index contributed by atoms with van der Waals surface area (Å²) in [7, 11) is 0. The summed E-state index contributed by atoms with van der Waals surface area (Å²) in [5.41, 5.74) is 6.05. The van der Waals surface area contributed by atoms with Gasteiger partial charge in [-0.1, -0.05) is 36.4 Å². The Morgan fingerprint density at radius 1 is 0.641 bits per heavy atom. The van der Waals surface area contributed by atoms with Crippen LogP contribution in [0.4, 0.5) is 11.4 Å². The molecule has 5 nitrogen and oxygen atoms in total. The molecule has 0 aliphatic rings. The Hall–Kier alpha value is -4.25. The molecule has 39 heavy (non-hydrogen) atoms. The molecular weight excluding hydrogens is 482 g/mol. The maximum atomic E-state index is 14.5. The van der Waals surface area contributed by atoms with E-state index in [0.29, 0.717) is 11.0 Å². The van der Waals surface area contributed by atoms with Crippen molar-refractivity contribution in [3.63, 3.8) is 0 Å². The summed E-state index contributed by atoms with van der Waals surface area (Å²) in [6.07, 6.45) is 0. The van der Waals surface area contributed by atoms with Gasteiger partial charge < -0.3 is 14.2 Å². The number of fused-ring (bicyclic) bond motifs is 4. The van der Waals surface area contributed by atoms with E-state index in [-0.39, 0.29) is 5.56 Å². The fourth-order valence-corrected chi connectivity index (χ4v) is 5.46. The van der Waals surface area contributed by atoms with Crippen molar-refractivity contribution in [2.45, 2.75) is 34.6 Å². The lowest BCUT2D eigenvalue weighted by Gasteiger charge is -2.21. The molecule has 0 aliphatic heterocycles. The predicted molar refractivity (Wildman–Crippen MR) is 166 cm³/mol. The number of aromatic nitrogens is 1. The average Bonchev–Trinajstić information content (AvgIpc) is 3.00. The van der Waals surface area contributed by atoms with Gasteiger partial charge in [0.25, 0.3) is 5.56 Å². The van der Waals surface area contributed by atoms with Gasteiger partial charge in [0, 0.05) is 60.5 Å². The Morgan fingerprint density at radius 2 is 1.21 bits per heavy atom. The molecule has 4 aromatic carbocycles. The van der Waals surface area contributed by atoms with E-state index in [1.165, 1.54) is 0 Å². The van der Waals surface area contributed by atoms with Crippen molar-refractivity contribution in [3.8, 4) is 5.69 Å². The molecule has 0 N–H and O–H groups in total. The molecule has 0 saturated heterocycles. The second kappa shape index (κ2) is 11.2. The molecule has 5 heteroatoms. The van der Waals surface area contributed by atoms with E-state index in [2.05, 4.69) is 67.8 Å². The molecule has 0 bridgehead atoms. The van der Waals surface area contributed by atoms with Gasteiger partial charge >= 0.3 is 0 Å². The molecule has 5 aromatic rings. The molecule has 1 aromatic heterocycles. The van der Waals surface area contributed by atoms with Crippen molar-refractivity contribution in [2.75, 3.05) is 36.0 Å². The number of hydrogen-bond donors (Lipinski definition) is 0. The van der Waals surface area contributed by atoms with Crippen LogP contribution in [0.15, 0.2) is 94.1 Å². The van der Waals surface area contributed by atoms with E-state index in [4.69, 9.17) is 4.42 Å². The van der Waals surface area contributed by atoms with Gasteiger partial charge in [0.05, 0.1) is 11.2 Å². The monoisotopic (exact) mass is 519 g/mol. The van der Waals surface area contributed by atoms with E-state index < -0.39 is 0 Å². The van der Waals surface area contributed by atoms with Gasteiger partial charge in [0.1, 0.15) is 5.58 Å². The van der Waals surface area contributed by atoms with Crippen molar-refractivity contribution in [3.05, 3.63) is 101 Å². The lowest BCUT2D eigenvalue weighted by Crippen LogP contribution is -2.22. The van der Waals surface area contributed by atoms with Crippen molar-refractivity contribution < 1.29 is 4.42 Å². The first-order valence-corrected chi connectivity index (χ1v) is 14.0. The first kappa shape index (κ1) is 26.4. The maximum Gasteiger partial charge on any atom is 0.263 e. The highest BCUT2D eigenvalue weighted by molar-refractivity contribution is 6.04. The second-order valence-corrected chi connectivity index (χ2v) is 9.75. The Morgan fingerprint density at radius 3 is 1.85 bits per heavy atom. The van der Waals surface area contributed by atoms with Crippen LogP contribution in [0, 0.1) is 6.92 Å². The van der Waals surface area contributed by atoms with Crippen LogP contribution in [-0.2, 0) is 0 Å². The highest BCUT2D eigenvalue weighted by atomic mass is 16.3. The normalized spacial score (nSPS) is 11.2. The largest absolute Gasteiger partial charge is 0.454 e. The fraction of sp³-hybridized carbons (Fsp3) is 0.265. The minimum absolute atomic E-state index is 0.0824. The van der Waals surface area contributed by atoms with Crippen LogP contribution >= 0.6 is 0 Å². The zero-order valence-corrected chi connectivity index (χ0v) is 23.6. The third kappa shape index (κ3) is 4.85. The van der Waals surface area contributed by atoms with Crippen LogP contribution in [0.1, 0.15) is 33.3 Å². The van der Waals surface area contributed by atoms with Crippen molar-refractivity contribution in [1.29, 1.82) is 0 Å². The third-order valence-electron chi connectivity index (χ3n) is 7.63. The van der Waals surface area contributed by atoms with Crippen LogP contribution in [0.5, 0.6) is 0 Å². The summed E-state index contributed by atoms with van der Waals surface area (Å²) < 4.78 is 8.68.